The van der Waals surface area contributed by atoms with Crippen molar-refractivity contribution >= 4 is 5.97 Å². The van der Waals surface area contributed by atoms with Gasteiger partial charge in [0.2, 0.25) is 0 Å². The smallest absolute Gasteiger partial charge is 0.306 e. The van der Waals surface area contributed by atoms with Crippen LogP contribution in [-0.4, -0.2) is 37.0 Å². The first-order chi connectivity index (χ1) is 23.2. The zero-order valence-corrected chi connectivity index (χ0v) is 30.8. The van der Waals surface area contributed by atoms with Crippen LogP contribution in [0.5, 0.6) is 0 Å². The van der Waals surface area contributed by atoms with Gasteiger partial charge in [-0.25, -0.2) is 0 Å². The van der Waals surface area contributed by atoms with Gasteiger partial charge in [0.05, 0.1) is 13.2 Å². The lowest BCUT2D eigenvalue weighted by molar-refractivity contribution is -0.154. The van der Waals surface area contributed by atoms with Crippen LogP contribution in [0.25, 0.3) is 0 Å². The Morgan fingerprint density at radius 1 is 0.532 bits per heavy atom. The molecular formula is C43H74O4. The Balaban J connectivity index is 3.54. The van der Waals surface area contributed by atoms with Gasteiger partial charge in [-0.3, -0.25) is 4.79 Å². The second kappa shape index (κ2) is 40.0. The Bertz CT molecular complexity index is 820. The number of aliphatic hydroxyl groups excluding tert-OH is 1. The highest BCUT2D eigenvalue weighted by atomic mass is 16.6. The van der Waals surface area contributed by atoms with Crippen molar-refractivity contribution in [3.8, 4) is 0 Å². The molecule has 0 spiro atoms. The van der Waals surface area contributed by atoms with Gasteiger partial charge in [0.1, 0.15) is 6.10 Å². The third-order valence-corrected chi connectivity index (χ3v) is 8.02. The third-order valence-electron chi connectivity index (χ3n) is 8.02. The predicted octanol–water partition coefficient (Wildman–Crippen LogP) is 12.6. The van der Waals surface area contributed by atoms with Gasteiger partial charge in [0.25, 0.3) is 0 Å². The molecule has 0 aromatic carbocycles. The van der Waals surface area contributed by atoms with E-state index in [1.807, 2.05) is 0 Å². The van der Waals surface area contributed by atoms with E-state index in [0.29, 0.717) is 13.0 Å². The van der Waals surface area contributed by atoms with E-state index in [0.717, 1.165) is 77.0 Å². The molecule has 1 atom stereocenters. The molecule has 1 N–H and O–H groups in total. The molecule has 0 bridgehead atoms. The van der Waals surface area contributed by atoms with Crippen molar-refractivity contribution in [3.05, 3.63) is 72.9 Å². The van der Waals surface area contributed by atoms with Crippen LogP contribution < -0.4 is 0 Å². The van der Waals surface area contributed by atoms with Crippen LogP contribution in [0.1, 0.15) is 168 Å². The minimum Gasteiger partial charge on any atom is -0.457 e. The molecule has 4 heteroatoms. The van der Waals surface area contributed by atoms with Crippen molar-refractivity contribution in [1.29, 1.82) is 0 Å². The van der Waals surface area contributed by atoms with Crippen molar-refractivity contribution in [2.45, 2.75) is 174 Å². The number of ether oxygens (including phenoxy) is 2. The maximum Gasteiger partial charge on any atom is 0.306 e. The zero-order valence-electron chi connectivity index (χ0n) is 30.8. The Kier molecular flexibility index (Phi) is 38.2. The number of aliphatic hydroxyl groups is 1. The minimum absolute atomic E-state index is 0.190. The molecule has 0 aliphatic heterocycles. The van der Waals surface area contributed by atoms with E-state index in [-0.39, 0.29) is 19.2 Å². The average molecular weight is 655 g/mol. The van der Waals surface area contributed by atoms with Crippen LogP contribution in [0.2, 0.25) is 0 Å². The summed E-state index contributed by atoms with van der Waals surface area (Å²) in [4.78, 5) is 12.2. The summed E-state index contributed by atoms with van der Waals surface area (Å²) in [5, 5.41) is 9.57. The summed E-state index contributed by atoms with van der Waals surface area (Å²) in [5.41, 5.74) is 0. The highest BCUT2D eigenvalue weighted by molar-refractivity contribution is 5.69. The van der Waals surface area contributed by atoms with Crippen LogP contribution in [0, 0.1) is 0 Å². The Hall–Kier alpha value is -2.17. The largest absolute Gasteiger partial charge is 0.457 e. The number of rotatable bonds is 35. The van der Waals surface area contributed by atoms with E-state index >= 15 is 0 Å². The van der Waals surface area contributed by atoms with Crippen molar-refractivity contribution in [1.82, 2.24) is 0 Å². The summed E-state index contributed by atoms with van der Waals surface area (Å²) in [5.74, 6) is -0.225. The molecule has 0 radical (unpaired) electrons. The van der Waals surface area contributed by atoms with Crippen LogP contribution in [-0.2, 0) is 14.3 Å². The molecule has 0 amide bonds. The average Bonchev–Trinajstić information content (AvgIpc) is 3.08. The molecule has 270 valence electrons. The van der Waals surface area contributed by atoms with Crippen molar-refractivity contribution in [2.24, 2.45) is 0 Å². The van der Waals surface area contributed by atoms with Gasteiger partial charge < -0.3 is 14.6 Å². The predicted molar refractivity (Wildman–Crippen MR) is 205 cm³/mol. The first kappa shape index (κ1) is 44.8. The minimum atomic E-state index is -0.556. The van der Waals surface area contributed by atoms with Gasteiger partial charge in [-0.05, 0) is 83.5 Å². The number of allylic oxidation sites excluding steroid dienone is 12. The van der Waals surface area contributed by atoms with Crippen LogP contribution >= 0.6 is 0 Å². The molecule has 4 nitrogen and oxygen atoms in total. The Morgan fingerprint density at radius 2 is 0.957 bits per heavy atom. The lowest BCUT2D eigenvalue weighted by Gasteiger charge is -2.15. The fourth-order valence-corrected chi connectivity index (χ4v) is 5.11. The summed E-state index contributed by atoms with van der Waals surface area (Å²) >= 11 is 0. The molecule has 0 rings (SSSR count). The second-order valence-corrected chi connectivity index (χ2v) is 12.6. The molecule has 0 saturated heterocycles. The first-order valence-corrected chi connectivity index (χ1v) is 19.5. The maximum atomic E-state index is 12.2. The molecule has 0 aliphatic carbocycles. The monoisotopic (exact) mass is 655 g/mol. The lowest BCUT2D eigenvalue weighted by atomic mass is 10.1. The van der Waals surface area contributed by atoms with Crippen molar-refractivity contribution in [2.75, 3.05) is 19.8 Å². The molecule has 0 saturated carbocycles. The van der Waals surface area contributed by atoms with E-state index in [1.54, 1.807) is 0 Å². The third kappa shape index (κ3) is 38.2. The number of hydrogen-bond donors (Lipinski definition) is 1. The summed E-state index contributed by atoms with van der Waals surface area (Å²) in [7, 11) is 0. The van der Waals surface area contributed by atoms with Gasteiger partial charge in [-0.1, -0.05) is 151 Å². The van der Waals surface area contributed by atoms with Crippen LogP contribution in [0.15, 0.2) is 72.9 Å². The standard InChI is InChI=1S/C43H74O4/c1-3-5-7-9-11-13-15-17-19-20-21-22-23-24-25-26-28-30-32-34-36-38-43(45)47-42(40-44)41-46-39-37-35-33-31-29-27-18-16-14-12-10-8-6-4-2/h6,8,12,14-15,17-18,20-21,23-24,27,42,44H,3-5,7,9-11,13,16,19,22,25-26,28-41H2,1-2H3/b8-6-,14-12-,17-15-,21-20-,24-23-,27-18-. The Labute approximate surface area is 291 Å². The number of carbonyl (C=O) groups excluding carboxylic acids is 1. The van der Waals surface area contributed by atoms with E-state index in [1.165, 1.54) is 70.6 Å². The summed E-state index contributed by atoms with van der Waals surface area (Å²) < 4.78 is 11.1. The molecule has 0 heterocycles. The van der Waals surface area contributed by atoms with Gasteiger partial charge >= 0.3 is 5.97 Å². The maximum absolute atomic E-state index is 12.2. The SMILES string of the molecule is CC/C=C\C/C=C\C/C=C\CCCCCCOCC(CO)OC(=O)CCCCCCCC/C=C\C/C=C\C/C=C\CCCCCCC. The van der Waals surface area contributed by atoms with Crippen molar-refractivity contribution in [3.63, 3.8) is 0 Å². The van der Waals surface area contributed by atoms with E-state index in [9.17, 15) is 9.90 Å². The topological polar surface area (TPSA) is 55.8 Å². The van der Waals surface area contributed by atoms with Gasteiger partial charge in [-0.15, -0.1) is 0 Å². The first-order valence-electron chi connectivity index (χ1n) is 19.5. The number of carbonyl (C=O) groups is 1. The Morgan fingerprint density at radius 3 is 1.45 bits per heavy atom. The molecule has 0 aromatic heterocycles. The van der Waals surface area contributed by atoms with Crippen LogP contribution in [0.3, 0.4) is 0 Å². The lowest BCUT2D eigenvalue weighted by Crippen LogP contribution is -2.27. The fourth-order valence-electron chi connectivity index (χ4n) is 5.11. The summed E-state index contributed by atoms with van der Waals surface area (Å²) in [6, 6.07) is 0. The fraction of sp³-hybridized carbons (Fsp3) is 0.698. The van der Waals surface area contributed by atoms with Gasteiger partial charge in [0, 0.05) is 13.0 Å². The van der Waals surface area contributed by atoms with Crippen LogP contribution in [0.4, 0.5) is 0 Å². The molecule has 0 fully saturated rings. The van der Waals surface area contributed by atoms with Crippen molar-refractivity contribution < 1.29 is 19.4 Å². The van der Waals surface area contributed by atoms with Gasteiger partial charge in [-0.2, -0.15) is 0 Å². The molecule has 0 aromatic rings. The highest BCUT2D eigenvalue weighted by Gasteiger charge is 2.13. The van der Waals surface area contributed by atoms with E-state index < -0.39 is 6.10 Å². The molecule has 0 aliphatic rings. The molecule has 1 unspecified atom stereocenters. The highest BCUT2D eigenvalue weighted by Crippen LogP contribution is 2.11. The number of hydrogen-bond acceptors (Lipinski definition) is 4. The van der Waals surface area contributed by atoms with Gasteiger partial charge in [0.15, 0.2) is 0 Å². The summed E-state index contributed by atoms with van der Waals surface area (Å²) in [6.07, 6.45) is 53.8. The molecule has 47 heavy (non-hydrogen) atoms. The zero-order chi connectivity index (χ0) is 34.1. The number of esters is 1. The normalized spacial score (nSPS) is 13.2. The quantitative estimate of drug-likeness (QED) is 0.0420. The second-order valence-electron chi connectivity index (χ2n) is 12.6. The van der Waals surface area contributed by atoms with E-state index in [4.69, 9.17) is 9.47 Å². The van der Waals surface area contributed by atoms with E-state index in [2.05, 4.69) is 86.8 Å². The summed E-state index contributed by atoms with van der Waals surface area (Å²) in [6.45, 7) is 5.15. The number of unbranched alkanes of at least 4 members (excludes halogenated alkanes) is 15. The molecular weight excluding hydrogens is 580 g/mol.